The van der Waals surface area contributed by atoms with E-state index in [1.54, 1.807) is 7.11 Å². The molecule has 0 radical (unpaired) electrons. The number of ether oxygens (including phenoxy) is 1. The molecule has 0 unspecified atom stereocenters. The molecule has 0 amide bonds. The lowest BCUT2D eigenvalue weighted by molar-refractivity contribution is 0.137. The van der Waals surface area contributed by atoms with Gasteiger partial charge in [0.2, 0.25) is 0 Å². The first-order chi connectivity index (χ1) is 9.76. The number of fused-ring (bicyclic) bond motifs is 1. The first-order valence-corrected chi connectivity index (χ1v) is 7.24. The summed E-state index contributed by atoms with van der Waals surface area (Å²) in [6.07, 6.45) is 0.836. The van der Waals surface area contributed by atoms with Gasteiger partial charge in [-0.15, -0.1) is 11.6 Å². The van der Waals surface area contributed by atoms with Crippen LogP contribution in [-0.4, -0.2) is 19.1 Å². The van der Waals surface area contributed by atoms with Gasteiger partial charge in [-0.25, -0.2) is 0 Å². The molecule has 2 aromatic rings. The Morgan fingerprint density at radius 1 is 1.15 bits per heavy atom. The molecule has 3 rings (SSSR count). The summed E-state index contributed by atoms with van der Waals surface area (Å²) in [6.45, 7) is 0.541. The zero-order chi connectivity index (χ0) is 14.0. The van der Waals surface area contributed by atoms with Crippen LogP contribution >= 0.6 is 11.6 Å². The van der Waals surface area contributed by atoms with Crippen LogP contribution in [0.2, 0.25) is 0 Å². The predicted molar refractivity (Wildman–Crippen MR) is 83.4 cm³/mol. The van der Waals surface area contributed by atoms with Crippen molar-refractivity contribution in [1.82, 2.24) is 0 Å². The summed E-state index contributed by atoms with van der Waals surface area (Å²) in [4.78, 5) is 0. The Morgan fingerprint density at radius 3 is 2.60 bits per heavy atom. The lowest BCUT2D eigenvalue weighted by atomic mass is 9.80. The Morgan fingerprint density at radius 2 is 1.85 bits per heavy atom. The molecule has 20 heavy (non-hydrogen) atoms. The number of hydrogen-bond acceptors (Lipinski definition) is 2. The molecule has 104 valence electrons. The molecule has 2 aromatic carbocycles. The number of nitrogens with one attached hydrogen (secondary N) is 1. The van der Waals surface area contributed by atoms with Crippen LogP contribution in [0.4, 0.5) is 5.69 Å². The maximum absolute atomic E-state index is 6.74. The van der Waals surface area contributed by atoms with Crippen molar-refractivity contribution in [3.8, 4) is 0 Å². The van der Waals surface area contributed by atoms with E-state index in [0.29, 0.717) is 6.61 Å². The second kappa shape index (κ2) is 5.47. The molecule has 1 N–H and O–H groups in total. The Hall–Kier alpha value is -1.51. The van der Waals surface area contributed by atoms with E-state index in [2.05, 4.69) is 35.6 Å². The molecular formula is C17H18ClNO. The summed E-state index contributed by atoms with van der Waals surface area (Å²) in [6, 6.07) is 18.6. The number of para-hydroxylation sites is 1. The number of anilines is 1. The van der Waals surface area contributed by atoms with Crippen molar-refractivity contribution < 1.29 is 4.74 Å². The average molecular weight is 288 g/mol. The van der Waals surface area contributed by atoms with Gasteiger partial charge >= 0.3 is 0 Å². The van der Waals surface area contributed by atoms with Crippen molar-refractivity contribution in [2.45, 2.75) is 17.3 Å². The van der Waals surface area contributed by atoms with Gasteiger partial charge in [0, 0.05) is 12.8 Å². The normalized spacial score (nSPS) is 24.8. The van der Waals surface area contributed by atoms with E-state index < -0.39 is 0 Å². The zero-order valence-corrected chi connectivity index (χ0v) is 12.2. The molecule has 0 bridgehead atoms. The van der Waals surface area contributed by atoms with Crippen LogP contribution in [0.25, 0.3) is 0 Å². The van der Waals surface area contributed by atoms with Crippen LogP contribution < -0.4 is 5.32 Å². The smallest absolute Gasteiger partial charge is 0.103 e. The summed E-state index contributed by atoms with van der Waals surface area (Å²) in [7, 11) is 1.72. The Kier molecular flexibility index (Phi) is 3.68. The molecule has 0 aromatic heterocycles. The van der Waals surface area contributed by atoms with Gasteiger partial charge in [0.25, 0.3) is 0 Å². The van der Waals surface area contributed by atoms with Crippen molar-refractivity contribution in [2.75, 3.05) is 19.0 Å². The van der Waals surface area contributed by atoms with E-state index in [1.165, 1.54) is 5.56 Å². The molecule has 3 heteroatoms. The highest BCUT2D eigenvalue weighted by Gasteiger charge is 2.43. The summed E-state index contributed by atoms with van der Waals surface area (Å²) >= 11 is 6.74. The minimum Gasteiger partial charge on any atom is -0.382 e. The minimum absolute atomic E-state index is 0.0558. The topological polar surface area (TPSA) is 21.3 Å². The average Bonchev–Trinajstić information content (AvgIpc) is 2.49. The van der Waals surface area contributed by atoms with Crippen molar-refractivity contribution in [3.05, 3.63) is 65.7 Å². The first-order valence-electron chi connectivity index (χ1n) is 6.81. The van der Waals surface area contributed by atoms with Crippen LogP contribution in [0.5, 0.6) is 0 Å². The van der Waals surface area contributed by atoms with E-state index >= 15 is 0 Å². The lowest BCUT2D eigenvalue weighted by Crippen LogP contribution is -2.51. The van der Waals surface area contributed by atoms with Gasteiger partial charge in [-0.3, -0.25) is 0 Å². The van der Waals surface area contributed by atoms with E-state index in [9.17, 15) is 0 Å². The van der Waals surface area contributed by atoms with Gasteiger partial charge in [-0.05, 0) is 23.6 Å². The van der Waals surface area contributed by atoms with Gasteiger partial charge < -0.3 is 10.1 Å². The predicted octanol–water partition coefficient (Wildman–Crippen LogP) is 3.80. The quantitative estimate of drug-likeness (QED) is 0.867. The Labute approximate surface area is 124 Å². The number of benzene rings is 2. The first kappa shape index (κ1) is 13.5. The van der Waals surface area contributed by atoms with Crippen molar-refractivity contribution in [2.24, 2.45) is 0 Å². The van der Waals surface area contributed by atoms with Gasteiger partial charge in [0.15, 0.2) is 0 Å². The molecule has 0 saturated heterocycles. The van der Waals surface area contributed by atoms with Crippen LogP contribution in [0.15, 0.2) is 54.6 Å². The largest absolute Gasteiger partial charge is 0.382 e. The van der Waals surface area contributed by atoms with Crippen molar-refractivity contribution in [1.29, 1.82) is 0 Å². The number of alkyl halides is 1. The lowest BCUT2D eigenvalue weighted by Gasteiger charge is -2.43. The molecule has 1 aliphatic rings. The number of halogens is 1. The Balaban J connectivity index is 2.08. The molecule has 1 heterocycles. The minimum atomic E-state index is -0.383. The molecule has 0 aliphatic carbocycles. The second-order valence-electron chi connectivity index (χ2n) is 5.22. The number of hydrogen-bond donors (Lipinski definition) is 1. The van der Waals surface area contributed by atoms with E-state index in [-0.39, 0.29) is 10.9 Å². The second-order valence-corrected chi connectivity index (χ2v) is 5.75. The van der Waals surface area contributed by atoms with Gasteiger partial charge in [0.1, 0.15) is 5.54 Å². The van der Waals surface area contributed by atoms with Crippen LogP contribution in [0.1, 0.15) is 11.1 Å². The third kappa shape index (κ3) is 2.19. The van der Waals surface area contributed by atoms with E-state index in [4.69, 9.17) is 16.3 Å². The summed E-state index contributed by atoms with van der Waals surface area (Å²) < 4.78 is 5.48. The molecule has 2 atom stereocenters. The monoisotopic (exact) mass is 287 g/mol. The maximum Gasteiger partial charge on any atom is 0.103 e. The summed E-state index contributed by atoms with van der Waals surface area (Å²) in [5.41, 5.74) is 3.18. The number of rotatable bonds is 3. The van der Waals surface area contributed by atoms with E-state index in [0.717, 1.165) is 17.7 Å². The molecule has 2 nitrogen and oxygen atoms in total. The third-order valence-electron chi connectivity index (χ3n) is 3.97. The van der Waals surface area contributed by atoms with Crippen molar-refractivity contribution in [3.63, 3.8) is 0 Å². The fraction of sp³-hybridized carbons (Fsp3) is 0.294. The highest BCUT2D eigenvalue weighted by molar-refractivity contribution is 6.22. The van der Waals surface area contributed by atoms with Crippen molar-refractivity contribution >= 4 is 17.3 Å². The van der Waals surface area contributed by atoms with E-state index in [1.807, 2.05) is 24.3 Å². The fourth-order valence-corrected chi connectivity index (χ4v) is 3.34. The highest BCUT2D eigenvalue weighted by atomic mass is 35.5. The molecule has 0 spiro atoms. The SMILES string of the molecule is COC[C@@]1(c2ccccc2)Nc2ccccc2C[C@H]1Cl. The van der Waals surface area contributed by atoms with Crippen LogP contribution in [0, 0.1) is 0 Å². The van der Waals surface area contributed by atoms with Crippen LogP contribution in [0.3, 0.4) is 0 Å². The highest BCUT2D eigenvalue weighted by Crippen LogP contribution is 2.40. The Bertz CT molecular complexity index is 587. The fourth-order valence-electron chi connectivity index (χ4n) is 2.93. The standard InChI is InChI=1S/C17H18ClNO/c1-20-12-17(14-8-3-2-4-9-14)16(18)11-13-7-5-6-10-15(13)19-17/h2-10,16,19H,11-12H2,1H3/t16-,17+/m1/s1. The number of methoxy groups -OCH3 is 1. The molecular weight excluding hydrogens is 270 g/mol. The van der Waals surface area contributed by atoms with Gasteiger partial charge in [-0.2, -0.15) is 0 Å². The van der Waals surface area contributed by atoms with Gasteiger partial charge in [0.05, 0.1) is 12.0 Å². The molecule has 0 saturated carbocycles. The summed E-state index contributed by atoms with van der Waals surface area (Å²) in [5.74, 6) is 0. The third-order valence-corrected chi connectivity index (χ3v) is 4.50. The maximum atomic E-state index is 6.74. The summed E-state index contributed by atoms with van der Waals surface area (Å²) in [5, 5.41) is 3.56. The zero-order valence-electron chi connectivity index (χ0n) is 11.5. The molecule has 0 fully saturated rings. The molecule has 1 aliphatic heterocycles. The van der Waals surface area contributed by atoms with Crippen LogP contribution in [-0.2, 0) is 16.7 Å². The van der Waals surface area contributed by atoms with Gasteiger partial charge in [-0.1, -0.05) is 48.5 Å².